The first-order valence-electron chi connectivity index (χ1n) is 10.8. The Morgan fingerprint density at radius 1 is 1.16 bits per heavy atom. The van der Waals surface area contributed by atoms with Crippen LogP contribution in [-0.4, -0.2) is 29.2 Å². The average Bonchev–Trinajstić information content (AvgIpc) is 3.19. The fraction of sp³-hybridized carbons (Fsp3) is 0.391. The molecule has 0 bridgehead atoms. The first kappa shape index (κ1) is 29.8. The number of hydrogen-bond donors (Lipinski definition) is 2. The van der Waals surface area contributed by atoms with E-state index in [1.54, 1.807) is 20.8 Å². The van der Waals surface area contributed by atoms with Gasteiger partial charge in [0.25, 0.3) is 0 Å². The van der Waals surface area contributed by atoms with Crippen LogP contribution in [0.4, 0.5) is 41.2 Å². The predicted molar refractivity (Wildman–Crippen MR) is 127 cm³/mol. The highest BCUT2D eigenvalue weighted by molar-refractivity contribution is 8.00. The summed E-state index contributed by atoms with van der Waals surface area (Å²) in [6, 6.07) is 5.90. The number of aliphatic imine (C=N–C) groups is 1. The lowest BCUT2D eigenvalue weighted by atomic mass is 9.90. The van der Waals surface area contributed by atoms with Gasteiger partial charge in [0.05, 0.1) is 17.0 Å². The molecule has 0 radical (unpaired) electrons. The van der Waals surface area contributed by atoms with Crippen molar-refractivity contribution in [1.29, 1.82) is 0 Å². The normalized spacial score (nSPS) is 19.4. The molecule has 1 atom stereocenters. The molecule has 2 aromatic rings. The molecule has 1 saturated heterocycles. The largest absolute Gasteiger partial charge is 0.446 e. The molecule has 0 aromatic heterocycles. The molecule has 1 aliphatic rings. The van der Waals surface area contributed by atoms with E-state index < -0.39 is 63.4 Å². The summed E-state index contributed by atoms with van der Waals surface area (Å²) in [6.07, 6.45) is -6.77. The van der Waals surface area contributed by atoms with Gasteiger partial charge in [-0.15, -0.1) is 0 Å². The van der Waals surface area contributed by atoms with E-state index in [1.807, 2.05) is 0 Å². The summed E-state index contributed by atoms with van der Waals surface area (Å²) in [4.78, 5) is 19.8. The second-order valence-electron chi connectivity index (χ2n) is 9.09. The van der Waals surface area contributed by atoms with E-state index in [2.05, 4.69) is 15.8 Å². The summed E-state index contributed by atoms with van der Waals surface area (Å²) in [6.45, 7) is 4.96. The Labute approximate surface area is 221 Å². The number of benzene rings is 2. The third-order valence-corrected chi connectivity index (χ3v) is 6.09. The Hall–Kier alpha value is -2.71. The van der Waals surface area contributed by atoms with Crippen molar-refractivity contribution in [1.82, 2.24) is 10.8 Å². The van der Waals surface area contributed by atoms with E-state index in [9.17, 15) is 35.5 Å². The first-order chi connectivity index (χ1) is 17.4. The van der Waals surface area contributed by atoms with Crippen LogP contribution in [0, 0.1) is 5.82 Å². The van der Waals surface area contributed by atoms with Crippen molar-refractivity contribution < 1.29 is 45.1 Å². The van der Waals surface area contributed by atoms with Gasteiger partial charge in [0, 0.05) is 11.6 Å². The Balaban J connectivity index is 1.87. The molecule has 1 heterocycles. The lowest BCUT2D eigenvalue weighted by Gasteiger charge is -2.29. The minimum absolute atomic E-state index is 0.0713. The maximum Gasteiger partial charge on any atom is 0.446 e. The van der Waals surface area contributed by atoms with Crippen molar-refractivity contribution in [3.63, 3.8) is 0 Å². The van der Waals surface area contributed by atoms with E-state index in [0.717, 1.165) is 0 Å². The molecule has 15 heteroatoms. The van der Waals surface area contributed by atoms with Gasteiger partial charge < -0.3 is 10.1 Å². The number of carbonyl (C=O) groups is 1. The van der Waals surface area contributed by atoms with Crippen LogP contribution in [0.2, 0.25) is 5.02 Å². The van der Waals surface area contributed by atoms with Crippen molar-refractivity contribution in [2.45, 2.75) is 61.5 Å². The number of amidine groups is 1. The Kier molecular flexibility index (Phi) is 8.49. The number of amides is 1. The van der Waals surface area contributed by atoms with Crippen molar-refractivity contribution in [3.8, 4) is 0 Å². The first-order valence-corrected chi connectivity index (χ1v) is 12.0. The molecular formula is C23H21ClF7N3O3S. The lowest BCUT2D eigenvalue weighted by molar-refractivity contribution is -0.282. The molecule has 1 aliphatic heterocycles. The summed E-state index contributed by atoms with van der Waals surface area (Å²) in [5.41, 5.74) is -6.93. The number of nitrogens with zero attached hydrogens (tertiary/aromatic N) is 1. The number of ether oxygens (including phenoxy) is 1. The monoisotopic (exact) mass is 587 g/mol. The van der Waals surface area contributed by atoms with Crippen molar-refractivity contribution >= 4 is 41.0 Å². The third-order valence-electron chi connectivity index (χ3n) is 4.96. The van der Waals surface area contributed by atoms with E-state index in [-0.39, 0.29) is 23.1 Å². The van der Waals surface area contributed by atoms with Crippen LogP contribution in [0.15, 0.2) is 46.3 Å². The second-order valence-corrected chi connectivity index (χ2v) is 10.6. The molecule has 3 rings (SSSR count). The van der Waals surface area contributed by atoms with Gasteiger partial charge in [-0.05, 0) is 74.0 Å². The Morgan fingerprint density at radius 3 is 2.45 bits per heavy atom. The van der Waals surface area contributed by atoms with Gasteiger partial charge in [0.15, 0.2) is 0 Å². The topological polar surface area (TPSA) is 72.0 Å². The van der Waals surface area contributed by atoms with Gasteiger partial charge in [0.1, 0.15) is 17.3 Å². The van der Waals surface area contributed by atoms with Crippen molar-refractivity contribution in [3.05, 3.63) is 58.4 Å². The second kappa shape index (κ2) is 10.8. The highest BCUT2D eigenvalue weighted by Gasteiger charge is 2.62. The average molecular weight is 588 g/mol. The molecule has 0 aliphatic carbocycles. The van der Waals surface area contributed by atoms with Crippen LogP contribution >= 0.6 is 23.4 Å². The molecule has 1 amide bonds. The summed E-state index contributed by atoms with van der Waals surface area (Å²) < 4.78 is 99.9. The fourth-order valence-electron chi connectivity index (χ4n) is 3.36. The van der Waals surface area contributed by atoms with Crippen LogP contribution < -0.4 is 10.8 Å². The third kappa shape index (κ3) is 7.44. The van der Waals surface area contributed by atoms with Gasteiger partial charge >= 0.3 is 17.8 Å². The number of hydrogen-bond acceptors (Lipinski definition) is 5. The zero-order chi connectivity index (χ0) is 28.5. The molecule has 0 saturated carbocycles. The van der Waals surface area contributed by atoms with E-state index in [0.29, 0.717) is 23.8 Å². The van der Waals surface area contributed by atoms with E-state index in [4.69, 9.17) is 21.2 Å². The van der Waals surface area contributed by atoms with Crippen LogP contribution in [0.5, 0.6) is 0 Å². The number of rotatable bonds is 5. The van der Waals surface area contributed by atoms with Crippen LogP contribution in [-0.2, 0) is 21.7 Å². The number of hydroxylamine groups is 1. The molecule has 0 spiro atoms. The molecule has 208 valence electrons. The Bertz CT molecular complexity index is 1230. The fourth-order valence-corrected chi connectivity index (χ4v) is 4.15. The van der Waals surface area contributed by atoms with Crippen LogP contribution in [0.3, 0.4) is 0 Å². The predicted octanol–water partition coefficient (Wildman–Crippen LogP) is 7.53. The van der Waals surface area contributed by atoms with E-state index in [1.165, 1.54) is 18.2 Å². The summed E-state index contributed by atoms with van der Waals surface area (Å²) in [5.74, 6) is -1.63. The summed E-state index contributed by atoms with van der Waals surface area (Å²) in [5, 5.41) is 2.74. The highest BCUT2D eigenvalue weighted by Crippen LogP contribution is 2.49. The number of carbonyl (C=O) groups excluding carboxylic acids is 1. The minimum Gasteiger partial charge on any atom is -0.444 e. The van der Waals surface area contributed by atoms with Gasteiger partial charge in [-0.3, -0.25) is 10.3 Å². The van der Waals surface area contributed by atoms with Crippen molar-refractivity contribution in [2.75, 3.05) is 0 Å². The smallest absolute Gasteiger partial charge is 0.444 e. The maximum absolute atomic E-state index is 14.2. The number of alkyl halides is 6. The standard InChI is InChI=1S/C23H21ClF7N3O3S/c1-20(2,3)36-19(35)32-11-12-8-14(5-6-15(12)24)33-18-10-21(37-34-18,22(26,27)28)13-4-7-16(25)17(9-13)38-23(29,30)31/h4-9H,10-11H2,1-3H3,(H,32,35)(H,33,34). The SMILES string of the molecule is CC(C)(C)OC(=O)NCc1cc(N=C2CC(c3ccc(F)c(SC(F)(F)F)c3)(C(F)(F)F)ON2)ccc1Cl. The van der Waals surface area contributed by atoms with Crippen molar-refractivity contribution in [2.24, 2.45) is 4.99 Å². The zero-order valence-electron chi connectivity index (χ0n) is 20.0. The molecule has 2 N–H and O–H groups in total. The quantitative estimate of drug-likeness (QED) is 0.279. The molecule has 38 heavy (non-hydrogen) atoms. The molecule has 1 fully saturated rings. The van der Waals surface area contributed by atoms with Crippen LogP contribution in [0.25, 0.3) is 0 Å². The van der Waals surface area contributed by atoms with Gasteiger partial charge in [-0.1, -0.05) is 17.7 Å². The van der Waals surface area contributed by atoms with Gasteiger partial charge in [-0.25, -0.2) is 14.2 Å². The number of nitrogens with one attached hydrogen (secondary N) is 2. The minimum atomic E-state index is -5.11. The van der Waals surface area contributed by atoms with Gasteiger partial charge in [-0.2, -0.15) is 26.3 Å². The molecular weight excluding hydrogens is 567 g/mol. The van der Waals surface area contributed by atoms with E-state index >= 15 is 0 Å². The zero-order valence-corrected chi connectivity index (χ0v) is 21.6. The molecule has 1 unspecified atom stereocenters. The number of thioether (sulfide) groups is 1. The van der Waals surface area contributed by atoms with Crippen LogP contribution in [0.1, 0.15) is 38.3 Å². The lowest BCUT2D eigenvalue weighted by Crippen LogP contribution is -2.42. The summed E-state index contributed by atoms with van der Waals surface area (Å²) >= 11 is 5.27. The number of alkyl carbamates (subject to hydrolysis) is 1. The molecule has 2 aromatic carbocycles. The van der Waals surface area contributed by atoms with Gasteiger partial charge in [0.2, 0.25) is 5.60 Å². The number of halogens is 8. The Morgan fingerprint density at radius 2 is 1.84 bits per heavy atom. The molecule has 6 nitrogen and oxygen atoms in total. The maximum atomic E-state index is 14.2. The highest BCUT2D eigenvalue weighted by atomic mass is 35.5. The summed E-state index contributed by atoms with van der Waals surface area (Å²) in [7, 11) is 0.